The van der Waals surface area contributed by atoms with Crippen molar-refractivity contribution in [3.8, 4) is 0 Å². The van der Waals surface area contributed by atoms with Crippen LogP contribution in [0, 0.1) is 0 Å². The number of ether oxygens (including phenoxy) is 2. The number of carbonyl (C=O) groups excluding carboxylic acids is 2. The molecule has 27 heavy (non-hydrogen) atoms. The van der Waals surface area contributed by atoms with E-state index in [9.17, 15) is 14.7 Å². The Labute approximate surface area is 176 Å². The number of hydrogen-bond donors (Lipinski definition) is 1. The van der Waals surface area contributed by atoms with Crippen LogP contribution in [0.15, 0.2) is 11.6 Å². The van der Waals surface area contributed by atoms with Gasteiger partial charge >= 0.3 is 11.9 Å². The van der Waals surface area contributed by atoms with Gasteiger partial charge in [-0.3, -0.25) is 0 Å². The quantitative estimate of drug-likeness (QED) is 0.235. The van der Waals surface area contributed by atoms with E-state index >= 15 is 0 Å². The molecule has 0 aromatic rings. The fourth-order valence-corrected chi connectivity index (χ4v) is 3.11. The third kappa shape index (κ3) is 10.0. The lowest BCUT2D eigenvalue weighted by atomic mass is 10.0. The van der Waals surface area contributed by atoms with E-state index in [2.05, 4.69) is 11.7 Å². The van der Waals surface area contributed by atoms with Gasteiger partial charge in [-0.05, 0) is 12.8 Å². The van der Waals surface area contributed by atoms with Crippen LogP contribution in [0.4, 0.5) is 0 Å². The number of alkyl halides is 3. The molecule has 2 unspecified atom stereocenters. The highest BCUT2D eigenvalue weighted by atomic mass is 35.6. The summed E-state index contributed by atoms with van der Waals surface area (Å²) in [5, 5.41) is 9.81. The van der Waals surface area contributed by atoms with Gasteiger partial charge in [-0.1, -0.05) is 99.5 Å². The molecule has 0 saturated carbocycles. The van der Waals surface area contributed by atoms with Gasteiger partial charge in [0.2, 0.25) is 6.29 Å². The molecular weight excluding hydrogens is 415 g/mol. The monoisotopic (exact) mass is 442 g/mol. The van der Waals surface area contributed by atoms with Gasteiger partial charge in [0.15, 0.2) is 0 Å². The summed E-state index contributed by atoms with van der Waals surface area (Å²) < 4.78 is 7.64. The van der Waals surface area contributed by atoms with Crippen molar-refractivity contribution in [2.45, 2.75) is 93.7 Å². The molecule has 1 heterocycles. The molecule has 1 N–H and O–H groups in total. The highest BCUT2D eigenvalue weighted by Crippen LogP contribution is 2.31. The molecule has 5 nitrogen and oxygen atoms in total. The van der Waals surface area contributed by atoms with Crippen molar-refractivity contribution in [1.82, 2.24) is 0 Å². The number of aliphatic hydroxyl groups excluding tert-OH is 1. The van der Waals surface area contributed by atoms with Crippen LogP contribution in [0.5, 0.6) is 0 Å². The number of cyclic esters (lactones) is 1. The number of carbonyl (C=O) groups is 2. The second-order valence-corrected chi connectivity index (χ2v) is 9.08. The Hall–Kier alpha value is -0.490. The molecule has 0 aliphatic carbocycles. The molecular formula is C19H29Cl3O5. The maximum atomic E-state index is 11.8. The van der Waals surface area contributed by atoms with E-state index in [0.29, 0.717) is 6.42 Å². The van der Waals surface area contributed by atoms with E-state index in [1.807, 2.05) is 0 Å². The summed E-state index contributed by atoms with van der Waals surface area (Å²) in [6, 6.07) is 0. The summed E-state index contributed by atoms with van der Waals surface area (Å²) in [4.78, 5) is 23.2. The lowest BCUT2D eigenvalue weighted by Gasteiger charge is -2.22. The highest BCUT2D eigenvalue weighted by Gasteiger charge is 2.38. The van der Waals surface area contributed by atoms with Gasteiger partial charge in [0.1, 0.15) is 6.10 Å². The summed E-state index contributed by atoms with van der Waals surface area (Å²) in [5.41, 5.74) is 0.179. The van der Waals surface area contributed by atoms with Crippen molar-refractivity contribution >= 4 is 46.7 Å². The van der Waals surface area contributed by atoms with Gasteiger partial charge < -0.3 is 14.6 Å². The Morgan fingerprint density at radius 3 is 2.07 bits per heavy atom. The second-order valence-electron chi connectivity index (χ2n) is 6.80. The molecule has 0 aromatic carbocycles. The smallest absolute Gasteiger partial charge is 0.359 e. The van der Waals surface area contributed by atoms with Crippen LogP contribution in [0.1, 0.15) is 77.6 Å². The first-order chi connectivity index (χ1) is 12.8. The minimum Gasteiger partial charge on any atom is -0.454 e. The Morgan fingerprint density at radius 1 is 1.11 bits per heavy atom. The zero-order valence-corrected chi connectivity index (χ0v) is 18.0. The van der Waals surface area contributed by atoms with Crippen LogP contribution >= 0.6 is 34.8 Å². The molecule has 2 atom stereocenters. The van der Waals surface area contributed by atoms with E-state index in [0.717, 1.165) is 31.8 Å². The molecule has 0 spiro atoms. The average molecular weight is 444 g/mol. The zero-order chi connectivity index (χ0) is 20.3. The van der Waals surface area contributed by atoms with Crippen molar-refractivity contribution in [2.75, 3.05) is 0 Å². The maximum absolute atomic E-state index is 11.8. The van der Waals surface area contributed by atoms with Crippen molar-refractivity contribution in [1.29, 1.82) is 0 Å². The molecule has 0 aromatic heterocycles. The summed E-state index contributed by atoms with van der Waals surface area (Å²) in [5.74, 6) is -1.73. The molecule has 1 aliphatic rings. The maximum Gasteiger partial charge on any atom is 0.359 e. The van der Waals surface area contributed by atoms with Gasteiger partial charge in [0, 0.05) is 11.6 Å². The van der Waals surface area contributed by atoms with Gasteiger partial charge in [-0.25, -0.2) is 9.59 Å². The molecule has 0 fully saturated rings. The van der Waals surface area contributed by atoms with Crippen LogP contribution in [0.25, 0.3) is 0 Å². The SMILES string of the molecule is CCCCCCCCCCCCC(OC(=O)C(Cl)(Cl)Cl)C1=CC(=O)OC1O. The number of rotatable bonds is 13. The van der Waals surface area contributed by atoms with Crippen LogP contribution < -0.4 is 0 Å². The number of unbranched alkanes of at least 4 members (excludes halogenated alkanes) is 9. The first-order valence-electron chi connectivity index (χ1n) is 9.63. The van der Waals surface area contributed by atoms with E-state index in [-0.39, 0.29) is 5.57 Å². The van der Waals surface area contributed by atoms with Gasteiger partial charge in [-0.2, -0.15) is 0 Å². The fourth-order valence-electron chi connectivity index (χ4n) is 2.98. The van der Waals surface area contributed by atoms with Crippen molar-refractivity contribution in [3.05, 3.63) is 11.6 Å². The highest BCUT2D eigenvalue weighted by molar-refractivity contribution is 6.75. The predicted molar refractivity (Wildman–Crippen MR) is 107 cm³/mol. The Morgan fingerprint density at radius 2 is 1.63 bits per heavy atom. The molecule has 156 valence electrons. The summed E-state index contributed by atoms with van der Waals surface area (Å²) in [7, 11) is 0. The van der Waals surface area contributed by atoms with Crippen LogP contribution in [0.3, 0.4) is 0 Å². The van der Waals surface area contributed by atoms with E-state index in [1.54, 1.807) is 0 Å². The molecule has 1 aliphatic heterocycles. The largest absolute Gasteiger partial charge is 0.454 e. The zero-order valence-electron chi connectivity index (χ0n) is 15.7. The minimum atomic E-state index is -2.22. The van der Waals surface area contributed by atoms with E-state index < -0.39 is 28.1 Å². The summed E-state index contributed by atoms with van der Waals surface area (Å²) >= 11 is 16.6. The van der Waals surface area contributed by atoms with Crippen molar-refractivity contribution in [2.24, 2.45) is 0 Å². The number of halogens is 3. The Balaban J connectivity index is 2.37. The van der Waals surface area contributed by atoms with Gasteiger partial charge in [-0.15, -0.1) is 0 Å². The third-order valence-electron chi connectivity index (χ3n) is 4.47. The molecule has 1 rings (SSSR count). The van der Waals surface area contributed by atoms with Crippen LogP contribution in [-0.2, 0) is 19.1 Å². The van der Waals surface area contributed by atoms with Crippen molar-refractivity contribution in [3.63, 3.8) is 0 Å². The second kappa shape index (κ2) is 12.9. The number of hydrogen-bond acceptors (Lipinski definition) is 5. The van der Waals surface area contributed by atoms with Crippen LogP contribution in [-0.4, -0.2) is 33.2 Å². The summed E-state index contributed by atoms with van der Waals surface area (Å²) in [6.45, 7) is 2.21. The topological polar surface area (TPSA) is 72.8 Å². The first kappa shape index (κ1) is 24.5. The average Bonchev–Trinajstić information content (AvgIpc) is 2.92. The van der Waals surface area contributed by atoms with E-state index in [4.69, 9.17) is 39.5 Å². The number of esters is 2. The standard InChI is InChI=1S/C19H29Cl3O5/c1-2-3-4-5-6-7-8-9-10-11-12-15(26-18(25)19(20,21)22)14-13-16(23)27-17(14)24/h13,15,17,24H,2-12H2,1H3. The predicted octanol–water partition coefficient (Wildman–Crippen LogP) is 5.38. The lowest BCUT2D eigenvalue weighted by Crippen LogP contribution is -2.31. The molecule has 0 bridgehead atoms. The van der Waals surface area contributed by atoms with Gasteiger partial charge in [0.05, 0.1) is 0 Å². The van der Waals surface area contributed by atoms with Crippen LogP contribution in [0.2, 0.25) is 0 Å². The van der Waals surface area contributed by atoms with Crippen molar-refractivity contribution < 1.29 is 24.2 Å². The fraction of sp³-hybridized carbons (Fsp3) is 0.789. The Bertz CT molecular complexity index is 502. The third-order valence-corrected chi connectivity index (χ3v) is 4.93. The molecule has 0 saturated heterocycles. The molecule has 0 radical (unpaired) electrons. The number of aliphatic hydroxyl groups is 1. The van der Waals surface area contributed by atoms with E-state index in [1.165, 1.54) is 38.5 Å². The first-order valence-corrected chi connectivity index (χ1v) is 10.8. The minimum absolute atomic E-state index is 0.179. The Kier molecular flexibility index (Phi) is 11.7. The van der Waals surface area contributed by atoms with Gasteiger partial charge in [0.25, 0.3) is 3.79 Å². The summed E-state index contributed by atoms with van der Waals surface area (Å²) in [6.07, 6.45) is 10.9. The molecule has 0 amide bonds. The molecule has 8 heteroatoms. The lowest BCUT2D eigenvalue weighted by molar-refractivity contribution is -0.154. The normalized spacial score (nSPS) is 18.2.